The minimum atomic E-state index is -1.06. The average molecular weight is 304 g/mol. The lowest BCUT2D eigenvalue weighted by molar-refractivity contribution is -0.122. The highest BCUT2D eigenvalue weighted by Gasteiger charge is 2.90. The molecule has 6 rings (SSSR count). The van der Waals surface area contributed by atoms with Gasteiger partial charge in [-0.1, -0.05) is 22.6 Å². The molecule has 0 aliphatic heterocycles. The minimum Gasteiger partial charge on any atom is -0.299 e. The van der Waals surface area contributed by atoms with Gasteiger partial charge in [-0.15, -0.1) is 0 Å². The fourth-order valence-corrected chi connectivity index (χ4v) is 7.96. The molecule has 0 unspecified atom stereocenters. The molecule has 0 spiro atoms. The van der Waals surface area contributed by atoms with Crippen LogP contribution in [-0.2, 0) is 4.79 Å². The van der Waals surface area contributed by atoms with E-state index >= 15 is 0 Å². The van der Waals surface area contributed by atoms with E-state index in [9.17, 15) is 9.18 Å². The van der Waals surface area contributed by atoms with Crippen molar-refractivity contribution in [1.82, 2.24) is 0 Å². The van der Waals surface area contributed by atoms with Crippen LogP contribution < -0.4 is 0 Å². The summed E-state index contributed by atoms with van der Waals surface area (Å²) in [7, 11) is 0. The number of halogens is 2. The third-order valence-electron chi connectivity index (χ3n) is 6.06. The number of hydrogen-bond acceptors (Lipinski definition) is 1. The first-order valence-corrected chi connectivity index (χ1v) is 6.78. The Kier molecular flexibility index (Phi) is 0.931. The maximum atomic E-state index is 14.9. The van der Waals surface area contributed by atoms with Crippen molar-refractivity contribution in [3.05, 3.63) is 0 Å². The van der Waals surface area contributed by atoms with E-state index in [-0.39, 0.29) is 21.7 Å². The van der Waals surface area contributed by atoms with E-state index in [0.717, 1.165) is 0 Å². The standard InChI is InChI=1S/C11H10FIO/c12-11-7-3-1-2-4(5(3)10(11)13)8(11)9(14)6(2)7/h2-8,10H,1H2/t2-,3-,4+,5-,6-,7-,8+,10-,11+/m0/s1. The number of rotatable bonds is 0. The van der Waals surface area contributed by atoms with Crippen LogP contribution in [0.1, 0.15) is 6.42 Å². The fourth-order valence-electron chi connectivity index (χ4n) is 6.14. The molecule has 6 bridgehead atoms. The van der Waals surface area contributed by atoms with Gasteiger partial charge in [-0.05, 0) is 30.1 Å². The molecule has 0 radical (unpaired) electrons. The first-order chi connectivity index (χ1) is 6.67. The summed E-state index contributed by atoms with van der Waals surface area (Å²) in [6.07, 6.45) is 1.18. The van der Waals surface area contributed by atoms with Crippen molar-refractivity contribution in [1.29, 1.82) is 0 Å². The van der Waals surface area contributed by atoms with E-state index in [2.05, 4.69) is 22.6 Å². The van der Waals surface area contributed by atoms with Gasteiger partial charge < -0.3 is 0 Å². The second kappa shape index (κ2) is 1.72. The van der Waals surface area contributed by atoms with Crippen molar-refractivity contribution >= 4 is 28.4 Å². The zero-order chi connectivity index (χ0) is 9.40. The molecule has 6 fully saturated rings. The molecule has 14 heavy (non-hydrogen) atoms. The maximum Gasteiger partial charge on any atom is 0.143 e. The van der Waals surface area contributed by atoms with Crippen LogP contribution in [0.15, 0.2) is 0 Å². The molecule has 0 heterocycles. The Morgan fingerprint density at radius 1 is 1.36 bits per heavy atom. The normalized spacial score (nSPS) is 80.3. The number of carbonyl (C=O) groups excluding carboxylic acids is 1. The molecule has 6 aliphatic carbocycles. The summed E-state index contributed by atoms with van der Waals surface area (Å²) in [5, 5.41) is 0. The van der Waals surface area contributed by atoms with Gasteiger partial charge in [0.25, 0.3) is 0 Å². The first kappa shape index (κ1) is 7.58. The third-order valence-corrected chi connectivity index (χ3v) is 7.84. The number of hydrogen-bond donors (Lipinski definition) is 0. The van der Waals surface area contributed by atoms with Gasteiger partial charge in [0, 0.05) is 15.8 Å². The van der Waals surface area contributed by atoms with Crippen molar-refractivity contribution in [3.8, 4) is 0 Å². The molecule has 6 saturated carbocycles. The number of carbonyl (C=O) groups is 1. The van der Waals surface area contributed by atoms with E-state index in [1.807, 2.05) is 0 Å². The van der Waals surface area contributed by atoms with E-state index in [0.29, 0.717) is 29.5 Å². The number of alkyl halides is 2. The van der Waals surface area contributed by atoms with E-state index in [1.54, 1.807) is 0 Å². The summed E-state index contributed by atoms with van der Waals surface area (Å²) in [5.41, 5.74) is -1.06. The van der Waals surface area contributed by atoms with Crippen LogP contribution in [-0.4, -0.2) is 15.4 Å². The van der Waals surface area contributed by atoms with Crippen molar-refractivity contribution in [2.75, 3.05) is 0 Å². The highest BCUT2D eigenvalue weighted by atomic mass is 127. The van der Waals surface area contributed by atoms with E-state index < -0.39 is 5.67 Å². The topological polar surface area (TPSA) is 17.1 Å². The van der Waals surface area contributed by atoms with Crippen LogP contribution in [0.25, 0.3) is 0 Å². The van der Waals surface area contributed by atoms with Gasteiger partial charge in [0.15, 0.2) is 0 Å². The molecule has 0 aromatic rings. The molecule has 0 aromatic heterocycles. The van der Waals surface area contributed by atoms with Crippen molar-refractivity contribution < 1.29 is 9.18 Å². The van der Waals surface area contributed by atoms with Crippen LogP contribution in [0.5, 0.6) is 0 Å². The molecular weight excluding hydrogens is 294 g/mol. The Morgan fingerprint density at radius 2 is 2.14 bits per heavy atom. The molecule has 0 aromatic carbocycles. The van der Waals surface area contributed by atoms with Crippen molar-refractivity contribution in [3.63, 3.8) is 0 Å². The Morgan fingerprint density at radius 3 is 2.86 bits per heavy atom. The summed E-state index contributed by atoms with van der Waals surface area (Å²) in [6.45, 7) is 0. The molecule has 6 aliphatic rings. The van der Waals surface area contributed by atoms with Gasteiger partial charge in [-0.2, -0.15) is 0 Å². The summed E-state index contributed by atoms with van der Waals surface area (Å²) in [5.74, 6) is 2.71. The summed E-state index contributed by atoms with van der Waals surface area (Å²) >= 11 is 2.30. The SMILES string of the molecule is O=C1[C@H]2[C@H]3C[C@H]4[C@H]5[C@@H]3[C@H]1[C@](F)([C@@H]42)[C@H]5I. The molecule has 1 nitrogen and oxygen atoms in total. The van der Waals surface area contributed by atoms with Gasteiger partial charge in [-0.25, -0.2) is 4.39 Å². The second-order valence-corrected chi connectivity index (χ2v) is 7.22. The van der Waals surface area contributed by atoms with Gasteiger partial charge >= 0.3 is 0 Å². The summed E-state index contributed by atoms with van der Waals surface area (Å²) in [4.78, 5) is 12.0. The zero-order valence-corrected chi connectivity index (χ0v) is 9.65. The smallest absolute Gasteiger partial charge is 0.143 e. The van der Waals surface area contributed by atoms with Gasteiger partial charge in [-0.3, -0.25) is 4.79 Å². The highest BCUT2D eigenvalue weighted by Crippen LogP contribution is 2.84. The second-order valence-electron chi connectivity index (χ2n) is 5.88. The molecule has 0 N–H and O–H groups in total. The number of ketones is 1. The predicted molar refractivity (Wildman–Crippen MR) is 55.7 cm³/mol. The first-order valence-electron chi connectivity index (χ1n) is 5.54. The lowest BCUT2D eigenvalue weighted by atomic mass is 9.70. The lowest BCUT2D eigenvalue weighted by Gasteiger charge is -2.35. The minimum absolute atomic E-state index is 0.155. The Bertz CT molecular complexity index is 395. The zero-order valence-electron chi connectivity index (χ0n) is 7.49. The third kappa shape index (κ3) is 0.407. The van der Waals surface area contributed by atoms with E-state index in [4.69, 9.17) is 0 Å². The Labute approximate surface area is 94.9 Å². The van der Waals surface area contributed by atoms with Crippen LogP contribution in [0.2, 0.25) is 0 Å². The van der Waals surface area contributed by atoms with Gasteiger partial charge in [0.1, 0.15) is 11.5 Å². The molecule has 9 atom stereocenters. The molecule has 0 saturated heterocycles. The Hall–Kier alpha value is 0.330. The quantitative estimate of drug-likeness (QED) is 0.493. The molecule has 74 valence electrons. The Balaban J connectivity index is 1.92. The van der Waals surface area contributed by atoms with Crippen molar-refractivity contribution in [2.24, 2.45) is 41.4 Å². The number of Topliss-reactive ketones (excluding diaryl/α,β-unsaturated/α-hetero) is 1. The summed E-state index contributed by atoms with van der Waals surface area (Å²) in [6, 6.07) is 0. The van der Waals surface area contributed by atoms with Gasteiger partial charge in [0.2, 0.25) is 0 Å². The molecular formula is C11H10FIO. The average Bonchev–Trinajstić information content (AvgIpc) is 2.81. The van der Waals surface area contributed by atoms with Crippen LogP contribution in [0.4, 0.5) is 4.39 Å². The van der Waals surface area contributed by atoms with Gasteiger partial charge in [0.05, 0.1) is 5.92 Å². The van der Waals surface area contributed by atoms with Crippen LogP contribution >= 0.6 is 22.6 Å². The summed E-state index contributed by atoms with van der Waals surface area (Å²) < 4.78 is 15.1. The predicted octanol–water partition coefficient (Wildman–Crippen LogP) is 1.84. The molecule has 0 amide bonds. The van der Waals surface area contributed by atoms with Crippen LogP contribution in [0, 0.1) is 41.4 Å². The van der Waals surface area contributed by atoms with Crippen molar-refractivity contribution in [2.45, 2.75) is 16.0 Å². The highest BCUT2D eigenvalue weighted by molar-refractivity contribution is 14.1. The molecule has 3 heteroatoms. The fraction of sp³-hybridized carbons (Fsp3) is 0.909. The monoisotopic (exact) mass is 304 g/mol. The largest absolute Gasteiger partial charge is 0.299 e. The van der Waals surface area contributed by atoms with E-state index in [1.165, 1.54) is 6.42 Å². The maximum absolute atomic E-state index is 14.9. The lowest BCUT2D eigenvalue weighted by Crippen LogP contribution is -2.42. The van der Waals surface area contributed by atoms with Crippen LogP contribution in [0.3, 0.4) is 0 Å².